The first kappa shape index (κ1) is 17.7. The Labute approximate surface area is 158 Å². The second-order valence-electron chi connectivity index (χ2n) is 7.29. The minimum absolute atomic E-state index is 0.155. The van der Waals surface area contributed by atoms with Crippen LogP contribution in [-0.2, 0) is 0 Å². The van der Waals surface area contributed by atoms with Crippen LogP contribution >= 0.6 is 11.3 Å². The molecule has 4 rings (SSSR count). The average molecular weight is 374 g/mol. The number of fused-ring (bicyclic) bond motifs is 1. The maximum Gasteiger partial charge on any atom is 0.264 e. The molecule has 7 heteroatoms. The number of aromatic nitrogens is 2. The van der Waals surface area contributed by atoms with Gasteiger partial charge in [0.25, 0.3) is 5.91 Å². The predicted octanol–water partition coefficient (Wildman–Crippen LogP) is 3.13. The fraction of sp³-hybridized carbons (Fsp3) is 0.632. The van der Waals surface area contributed by atoms with Crippen LogP contribution < -0.4 is 5.32 Å². The van der Waals surface area contributed by atoms with Crippen molar-refractivity contribution in [3.05, 3.63) is 16.8 Å². The first-order valence-corrected chi connectivity index (χ1v) is 10.6. The molecule has 6 nitrogen and oxygen atoms in total. The molecule has 0 aliphatic carbocycles. The maximum absolute atomic E-state index is 12.8. The third-order valence-corrected chi connectivity index (χ3v) is 6.67. The first-order valence-electron chi connectivity index (χ1n) is 9.73. The van der Waals surface area contributed by atoms with E-state index in [-0.39, 0.29) is 5.91 Å². The fourth-order valence-electron chi connectivity index (χ4n) is 3.99. The van der Waals surface area contributed by atoms with Gasteiger partial charge < -0.3 is 15.1 Å². The van der Waals surface area contributed by atoms with Crippen LogP contribution in [0.15, 0.2) is 6.33 Å². The highest BCUT2D eigenvalue weighted by molar-refractivity contribution is 7.20. The van der Waals surface area contributed by atoms with Gasteiger partial charge in [-0.25, -0.2) is 9.97 Å². The lowest BCUT2D eigenvalue weighted by molar-refractivity contribution is 0.0797. The van der Waals surface area contributed by atoms with Crippen LogP contribution in [0.2, 0.25) is 0 Å². The lowest BCUT2D eigenvalue weighted by Crippen LogP contribution is -2.33. The van der Waals surface area contributed by atoms with E-state index in [0.717, 1.165) is 65.5 Å². The Morgan fingerprint density at radius 3 is 2.62 bits per heavy atom. The van der Waals surface area contributed by atoms with Crippen molar-refractivity contribution in [1.82, 2.24) is 19.8 Å². The van der Waals surface area contributed by atoms with E-state index in [1.54, 1.807) is 6.33 Å². The Balaban J connectivity index is 1.51. The normalized spacial score (nSPS) is 18.6. The zero-order chi connectivity index (χ0) is 17.9. The molecule has 2 aliphatic heterocycles. The van der Waals surface area contributed by atoms with E-state index in [1.165, 1.54) is 43.7 Å². The average Bonchev–Trinajstić information content (AvgIpc) is 3.31. The van der Waals surface area contributed by atoms with Gasteiger partial charge in [-0.05, 0) is 51.3 Å². The highest BCUT2D eigenvalue weighted by Crippen LogP contribution is 2.34. The quantitative estimate of drug-likeness (QED) is 0.872. The van der Waals surface area contributed by atoms with E-state index in [2.05, 4.69) is 20.2 Å². The smallest absolute Gasteiger partial charge is 0.264 e. The number of aryl methyl sites for hydroxylation is 1. The van der Waals surface area contributed by atoms with Crippen LogP contribution in [0.25, 0.3) is 10.2 Å². The van der Waals surface area contributed by atoms with Crippen LogP contribution in [0, 0.1) is 6.92 Å². The SMILES string of the molecule is Cc1c(C(=O)N2CCCC2)sc2ncnc(NCCN3CCCCC3)c12. The number of hydrogen-bond acceptors (Lipinski definition) is 6. The molecule has 0 radical (unpaired) electrons. The van der Waals surface area contributed by atoms with Crippen LogP contribution in [0.3, 0.4) is 0 Å². The zero-order valence-electron chi connectivity index (χ0n) is 15.5. The van der Waals surface area contributed by atoms with Crippen molar-refractivity contribution in [3.8, 4) is 0 Å². The molecule has 1 amide bonds. The molecule has 0 bridgehead atoms. The lowest BCUT2D eigenvalue weighted by atomic mass is 10.1. The molecule has 2 aromatic rings. The summed E-state index contributed by atoms with van der Waals surface area (Å²) in [4.78, 5) is 27.9. The zero-order valence-corrected chi connectivity index (χ0v) is 16.3. The first-order chi connectivity index (χ1) is 12.7. The summed E-state index contributed by atoms with van der Waals surface area (Å²) in [5.41, 5.74) is 1.02. The van der Waals surface area contributed by atoms with E-state index in [1.807, 2.05) is 11.8 Å². The molecule has 2 saturated heterocycles. The largest absolute Gasteiger partial charge is 0.368 e. The molecule has 2 aliphatic rings. The number of amides is 1. The summed E-state index contributed by atoms with van der Waals surface area (Å²) in [5.74, 6) is 1.02. The van der Waals surface area contributed by atoms with Gasteiger partial charge >= 0.3 is 0 Å². The minimum atomic E-state index is 0.155. The molecule has 0 aromatic carbocycles. The highest BCUT2D eigenvalue weighted by atomic mass is 32.1. The summed E-state index contributed by atoms with van der Waals surface area (Å²) in [7, 11) is 0. The number of nitrogens with zero attached hydrogens (tertiary/aromatic N) is 4. The van der Waals surface area contributed by atoms with Gasteiger partial charge in [-0.3, -0.25) is 4.79 Å². The van der Waals surface area contributed by atoms with Crippen LogP contribution in [-0.4, -0.2) is 64.9 Å². The van der Waals surface area contributed by atoms with Gasteiger partial charge in [-0.15, -0.1) is 11.3 Å². The Morgan fingerprint density at radius 2 is 1.85 bits per heavy atom. The van der Waals surface area contributed by atoms with Crippen molar-refractivity contribution in [2.75, 3.05) is 44.6 Å². The number of carbonyl (C=O) groups is 1. The Morgan fingerprint density at radius 1 is 1.12 bits per heavy atom. The van der Waals surface area contributed by atoms with Gasteiger partial charge in [0.15, 0.2) is 0 Å². The lowest BCUT2D eigenvalue weighted by Gasteiger charge is -2.26. The topological polar surface area (TPSA) is 61.4 Å². The molecule has 4 heterocycles. The van der Waals surface area contributed by atoms with Gasteiger partial charge in [-0.2, -0.15) is 0 Å². The number of piperidine rings is 1. The molecule has 0 atom stereocenters. The number of hydrogen-bond donors (Lipinski definition) is 1. The molecule has 140 valence electrons. The molecular formula is C19H27N5OS. The van der Waals surface area contributed by atoms with E-state index >= 15 is 0 Å². The van der Waals surface area contributed by atoms with Crippen molar-refractivity contribution in [2.24, 2.45) is 0 Å². The van der Waals surface area contributed by atoms with Crippen LogP contribution in [0.4, 0.5) is 5.82 Å². The van der Waals surface area contributed by atoms with Gasteiger partial charge in [0.1, 0.15) is 17.0 Å². The highest BCUT2D eigenvalue weighted by Gasteiger charge is 2.25. The second kappa shape index (κ2) is 7.88. The molecular weight excluding hydrogens is 346 g/mol. The monoisotopic (exact) mass is 373 g/mol. The number of anilines is 1. The Bertz CT molecular complexity index is 778. The van der Waals surface area contributed by atoms with Crippen molar-refractivity contribution >= 4 is 33.3 Å². The molecule has 0 unspecified atom stereocenters. The number of likely N-dealkylation sites (tertiary alicyclic amines) is 2. The van der Waals surface area contributed by atoms with Crippen LogP contribution in [0.1, 0.15) is 47.3 Å². The molecule has 0 spiro atoms. The van der Waals surface area contributed by atoms with E-state index in [9.17, 15) is 4.79 Å². The summed E-state index contributed by atoms with van der Waals surface area (Å²) in [6.45, 7) is 8.09. The van der Waals surface area contributed by atoms with Crippen molar-refractivity contribution in [3.63, 3.8) is 0 Å². The Hall–Kier alpha value is -1.73. The summed E-state index contributed by atoms with van der Waals surface area (Å²) >= 11 is 1.50. The number of thiophene rings is 1. The van der Waals surface area contributed by atoms with Crippen molar-refractivity contribution < 1.29 is 4.79 Å². The number of carbonyl (C=O) groups excluding carboxylic acids is 1. The molecule has 2 fully saturated rings. The molecule has 26 heavy (non-hydrogen) atoms. The molecule has 0 saturated carbocycles. The van der Waals surface area contributed by atoms with Gasteiger partial charge in [0.2, 0.25) is 0 Å². The molecule has 1 N–H and O–H groups in total. The summed E-state index contributed by atoms with van der Waals surface area (Å²) < 4.78 is 0. The van der Waals surface area contributed by atoms with E-state index in [0.29, 0.717) is 0 Å². The maximum atomic E-state index is 12.8. The summed E-state index contributed by atoms with van der Waals surface area (Å²) in [5, 5.41) is 4.50. The predicted molar refractivity (Wildman–Crippen MR) is 106 cm³/mol. The Kier molecular flexibility index (Phi) is 5.36. The van der Waals surface area contributed by atoms with Crippen LogP contribution in [0.5, 0.6) is 0 Å². The standard InChI is InChI=1S/C19H27N5OS/c1-14-15-17(20-7-12-23-8-3-2-4-9-23)21-13-22-18(15)26-16(14)19(25)24-10-5-6-11-24/h13H,2-12H2,1H3,(H,20,21,22). The third-order valence-electron chi connectivity index (χ3n) is 5.48. The summed E-state index contributed by atoms with van der Waals surface area (Å²) in [6, 6.07) is 0. The van der Waals surface area contributed by atoms with Crippen molar-refractivity contribution in [1.29, 1.82) is 0 Å². The van der Waals surface area contributed by atoms with E-state index in [4.69, 9.17) is 0 Å². The van der Waals surface area contributed by atoms with Gasteiger partial charge in [-0.1, -0.05) is 6.42 Å². The number of rotatable bonds is 5. The van der Waals surface area contributed by atoms with E-state index < -0.39 is 0 Å². The fourth-order valence-corrected chi connectivity index (χ4v) is 5.11. The number of nitrogens with one attached hydrogen (secondary N) is 1. The molecule has 2 aromatic heterocycles. The van der Waals surface area contributed by atoms with Gasteiger partial charge in [0.05, 0.1) is 10.3 Å². The van der Waals surface area contributed by atoms with Crippen molar-refractivity contribution in [2.45, 2.75) is 39.0 Å². The minimum Gasteiger partial charge on any atom is -0.368 e. The summed E-state index contributed by atoms with van der Waals surface area (Å²) in [6.07, 6.45) is 7.80. The van der Waals surface area contributed by atoms with Gasteiger partial charge in [0, 0.05) is 26.2 Å². The third kappa shape index (κ3) is 3.55. The second-order valence-corrected chi connectivity index (χ2v) is 8.29.